The number of hydrogen-bond donors (Lipinski definition) is 2. The molecule has 1 aromatic carbocycles. The molecule has 2 rings (SSSR count). The van der Waals surface area contributed by atoms with Crippen LogP contribution in [-0.4, -0.2) is 25.2 Å². The maximum atomic E-state index is 10.8. The highest BCUT2D eigenvalue weighted by Gasteiger charge is 2.25. The van der Waals surface area contributed by atoms with E-state index >= 15 is 0 Å². The summed E-state index contributed by atoms with van der Waals surface area (Å²) in [6, 6.07) is 7.92. The van der Waals surface area contributed by atoms with Gasteiger partial charge in [0.05, 0.1) is 0 Å². The predicted octanol–water partition coefficient (Wildman–Crippen LogP) is 3.92. The number of carboxylic acids is 1. The van der Waals surface area contributed by atoms with Gasteiger partial charge < -0.3 is 10.4 Å². The van der Waals surface area contributed by atoms with E-state index < -0.39 is 5.97 Å². The standard InChI is InChI=1S/C14H17ClO2.C2H7N/c15-13-7-2-1-6-12(13)11-5-3-4-10(8-11)9-14(16)17;1-3-2/h1-2,6-7,10-11H,3-5,8-9H2,(H,16,17);3H,1-2H3. The van der Waals surface area contributed by atoms with Crippen LogP contribution in [0.15, 0.2) is 24.3 Å². The van der Waals surface area contributed by atoms with Crippen LogP contribution in [0, 0.1) is 5.92 Å². The molecule has 0 saturated heterocycles. The molecular weight excluding hydrogens is 274 g/mol. The minimum absolute atomic E-state index is 0.293. The molecule has 1 saturated carbocycles. The molecule has 0 radical (unpaired) electrons. The molecule has 0 aliphatic heterocycles. The third-order valence-electron chi connectivity index (χ3n) is 3.59. The number of rotatable bonds is 3. The summed E-state index contributed by atoms with van der Waals surface area (Å²) in [5, 5.41) is 12.4. The normalized spacial score (nSPS) is 21.8. The van der Waals surface area contributed by atoms with Gasteiger partial charge in [0.15, 0.2) is 0 Å². The SMILES string of the molecule is CNC.O=C(O)CC1CCCC(c2ccccc2Cl)C1. The molecule has 2 N–H and O–H groups in total. The van der Waals surface area contributed by atoms with Gasteiger partial charge >= 0.3 is 5.97 Å². The van der Waals surface area contributed by atoms with Crippen LogP contribution in [0.3, 0.4) is 0 Å². The zero-order valence-corrected chi connectivity index (χ0v) is 13.0. The van der Waals surface area contributed by atoms with Crippen molar-refractivity contribution in [1.29, 1.82) is 0 Å². The van der Waals surface area contributed by atoms with Crippen molar-refractivity contribution in [3.8, 4) is 0 Å². The van der Waals surface area contributed by atoms with Gasteiger partial charge in [-0.15, -0.1) is 0 Å². The van der Waals surface area contributed by atoms with Crippen LogP contribution in [0.2, 0.25) is 5.02 Å². The zero-order valence-electron chi connectivity index (χ0n) is 12.2. The number of nitrogens with one attached hydrogen (secondary N) is 1. The molecule has 112 valence electrons. The largest absolute Gasteiger partial charge is 0.481 e. The molecule has 20 heavy (non-hydrogen) atoms. The van der Waals surface area contributed by atoms with Crippen molar-refractivity contribution in [2.45, 2.75) is 38.0 Å². The Hall–Kier alpha value is -1.06. The van der Waals surface area contributed by atoms with Crippen LogP contribution in [-0.2, 0) is 4.79 Å². The van der Waals surface area contributed by atoms with Crippen molar-refractivity contribution >= 4 is 17.6 Å². The minimum atomic E-state index is -0.685. The van der Waals surface area contributed by atoms with Gasteiger partial charge in [0.25, 0.3) is 0 Å². The summed E-state index contributed by atoms with van der Waals surface area (Å²) >= 11 is 6.19. The Morgan fingerprint density at radius 2 is 2.00 bits per heavy atom. The van der Waals surface area contributed by atoms with E-state index in [1.165, 1.54) is 5.56 Å². The first-order chi connectivity index (χ1) is 9.58. The molecule has 1 aliphatic rings. The Balaban J connectivity index is 0.000000612. The lowest BCUT2D eigenvalue weighted by atomic mass is 9.77. The molecule has 0 amide bonds. The number of halogens is 1. The fourth-order valence-corrected chi connectivity index (χ4v) is 3.10. The molecule has 0 aromatic heterocycles. The van der Waals surface area contributed by atoms with Gasteiger partial charge in [-0.1, -0.05) is 36.2 Å². The average molecular weight is 298 g/mol. The second-order valence-corrected chi connectivity index (χ2v) is 5.76. The molecule has 2 unspecified atom stereocenters. The molecule has 1 aromatic rings. The van der Waals surface area contributed by atoms with Crippen molar-refractivity contribution in [2.75, 3.05) is 14.1 Å². The quantitative estimate of drug-likeness (QED) is 0.889. The summed E-state index contributed by atoms with van der Waals surface area (Å²) in [6.07, 6.45) is 4.51. The number of carbonyl (C=O) groups is 1. The van der Waals surface area contributed by atoms with Crippen molar-refractivity contribution in [3.63, 3.8) is 0 Å². The van der Waals surface area contributed by atoms with Gasteiger partial charge in [-0.25, -0.2) is 0 Å². The highest BCUT2D eigenvalue weighted by Crippen LogP contribution is 2.39. The second-order valence-electron chi connectivity index (χ2n) is 5.35. The van der Waals surface area contributed by atoms with E-state index in [4.69, 9.17) is 16.7 Å². The second kappa shape index (κ2) is 8.98. The molecule has 1 aliphatic carbocycles. The summed E-state index contributed by atoms with van der Waals surface area (Å²) in [4.78, 5) is 10.8. The van der Waals surface area contributed by atoms with E-state index in [2.05, 4.69) is 11.4 Å². The Kier molecular flexibility index (Phi) is 7.63. The van der Waals surface area contributed by atoms with Crippen molar-refractivity contribution < 1.29 is 9.90 Å². The smallest absolute Gasteiger partial charge is 0.303 e. The van der Waals surface area contributed by atoms with Crippen molar-refractivity contribution in [3.05, 3.63) is 34.9 Å². The average Bonchev–Trinajstić information content (AvgIpc) is 2.39. The van der Waals surface area contributed by atoms with E-state index in [-0.39, 0.29) is 0 Å². The summed E-state index contributed by atoms with van der Waals surface area (Å²) in [5.74, 6) is 0.0548. The van der Waals surface area contributed by atoms with E-state index in [1.807, 2.05) is 32.3 Å². The molecule has 0 spiro atoms. The summed E-state index contributed by atoms with van der Waals surface area (Å²) in [7, 11) is 3.75. The van der Waals surface area contributed by atoms with Crippen LogP contribution in [0.5, 0.6) is 0 Å². The lowest BCUT2D eigenvalue weighted by Gasteiger charge is -2.29. The summed E-state index contributed by atoms with van der Waals surface area (Å²) < 4.78 is 0. The van der Waals surface area contributed by atoms with E-state index in [1.54, 1.807) is 0 Å². The van der Waals surface area contributed by atoms with Crippen molar-refractivity contribution in [2.24, 2.45) is 5.92 Å². The topological polar surface area (TPSA) is 49.3 Å². The van der Waals surface area contributed by atoms with Crippen LogP contribution in [0.1, 0.15) is 43.6 Å². The van der Waals surface area contributed by atoms with Gasteiger partial charge in [0, 0.05) is 11.4 Å². The lowest BCUT2D eigenvalue weighted by Crippen LogP contribution is -2.17. The van der Waals surface area contributed by atoms with Gasteiger partial charge in [0.2, 0.25) is 0 Å². The number of benzene rings is 1. The molecule has 1 fully saturated rings. The van der Waals surface area contributed by atoms with Gasteiger partial charge in [-0.3, -0.25) is 4.79 Å². The highest BCUT2D eigenvalue weighted by molar-refractivity contribution is 6.31. The van der Waals surface area contributed by atoms with E-state index in [9.17, 15) is 4.79 Å². The fraction of sp³-hybridized carbons (Fsp3) is 0.562. The Bertz CT molecular complexity index is 423. The molecule has 4 heteroatoms. The third-order valence-corrected chi connectivity index (χ3v) is 3.94. The molecular formula is C16H24ClNO2. The lowest BCUT2D eigenvalue weighted by molar-refractivity contribution is -0.138. The predicted molar refractivity (Wildman–Crippen MR) is 83.4 cm³/mol. The molecule has 0 bridgehead atoms. The first-order valence-electron chi connectivity index (χ1n) is 7.13. The first-order valence-corrected chi connectivity index (χ1v) is 7.51. The Morgan fingerprint density at radius 3 is 2.60 bits per heavy atom. The van der Waals surface area contributed by atoms with Crippen LogP contribution >= 0.6 is 11.6 Å². The molecule has 2 atom stereocenters. The van der Waals surface area contributed by atoms with Crippen LogP contribution in [0.25, 0.3) is 0 Å². The summed E-state index contributed by atoms with van der Waals surface area (Å²) in [5.41, 5.74) is 1.18. The fourth-order valence-electron chi connectivity index (χ4n) is 2.81. The van der Waals surface area contributed by atoms with E-state index in [0.717, 1.165) is 30.7 Å². The zero-order chi connectivity index (χ0) is 15.0. The van der Waals surface area contributed by atoms with E-state index in [0.29, 0.717) is 18.3 Å². The molecule has 0 heterocycles. The Morgan fingerprint density at radius 1 is 1.35 bits per heavy atom. The maximum absolute atomic E-state index is 10.8. The first kappa shape index (κ1) is 17.0. The Labute approximate surface area is 126 Å². The highest BCUT2D eigenvalue weighted by atomic mass is 35.5. The van der Waals surface area contributed by atoms with Crippen molar-refractivity contribution in [1.82, 2.24) is 5.32 Å². The van der Waals surface area contributed by atoms with Gasteiger partial charge in [-0.05, 0) is 56.8 Å². The maximum Gasteiger partial charge on any atom is 0.303 e. The third kappa shape index (κ3) is 5.51. The van der Waals surface area contributed by atoms with Crippen LogP contribution in [0.4, 0.5) is 0 Å². The number of carboxylic acid groups (broad SMARTS) is 1. The monoisotopic (exact) mass is 297 g/mol. The van der Waals surface area contributed by atoms with Crippen LogP contribution < -0.4 is 5.32 Å². The minimum Gasteiger partial charge on any atom is -0.481 e. The number of hydrogen-bond acceptors (Lipinski definition) is 2. The molecule has 3 nitrogen and oxygen atoms in total. The number of aliphatic carboxylic acids is 1. The van der Waals surface area contributed by atoms with Gasteiger partial charge in [-0.2, -0.15) is 0 Å². The van der Waals surface area contributed by atoms with Gasteiger partial charge in [0.1, 0.15) is 0 Å². The summed E-state index contributed by atoms with van der Waals surface area (Å²) in [6.45, 7) is 0.